The average molecular weight is 441 g/mol. The maximum atomic E-state index is 13.3. The van der Waals surface area contributed by atoms with Crippen LogP contribution in [0.5, 0.6) is 0 Å². The molecule has 2 atom stereocenters. The normalized spacial score (nSPS) is 25.6. The van der Waals surface area contributed by atoms with Gasteiger partial charge in [0.1, 0.15) is 0 Å². The van der Waals surface area contributed by atoms with Crippen LogP contribution in [-0.2, 0) is 10.0 Å². The van der Waals surface area contributed by atoms with Crippen molar-refractivity contribution in [3.05, 3.63) is 59.9 Å². The van der Waals surface area contributed by atoms with Crippen LogP contribution in [0.2, 0.25) is 0 Å². The summed E-state index contributed by atoms with van der Waals surface area (Å²) in [5, 5.41) is 3.93. The molecular formula is C23H28N4O3S. The van der Waals surface area contributed by atoms with E-state index < -0.39 is 15.9 Å². The zero-order chi connectivity index (χ0) is 22.3. The fraction of sp³-hybridized carbons (Fsp3) is 0.435. The SMILES string of the molecule is CC1(C)CC2CC(C)(CN2S(=O)(=O)c2ccc(C(=O)NN=Cc3ccncc3)cc2)C1. The topological polar surface area (TPSA) is 91.7 Å². The molecule has 1 N–H and O–H groups in total. The van der Waals surface area contributed by atoms with E-state index in [1.54, 1.807) is 28.8 Å². The minimum Gasteiger partial charge on any atom is -0.267 e. The van der Waals surface area contributed by atoms with Crippen LogP contribution in [0.25, 0.3) is 0 Å². The number of nitrogens with one attached hydrogen (secondary N) is 1. The first kappa shape index (κ1) is 21.6. The van der Waals surface area contributed by atoms with Gasteiger partial charge in [-0.3, -0.25) is 9.78 Å². The summed E-state index contributed by atoms with van der Waals surface area (Å²) in [7, 11) is -3.61. The summed E-state index contributed by atoms with van der Waals surface area (Å²) in [5.41, 5.74) is 3.77. The Morgan fingerprint density at radius 2 is 1.81 bits per heavy atom. The number of benzene rings is 1. The summed E-state index contributed by atoms with van der Waals surface area (Å²) in [6.45, 7) is 7.18. The molecule has 2 aromatic rings. The second kappa shape index (κ2) is 7.84. The highest BCUT2D eigenvalue weighted by Gasteiger charge is 2.53. The molecule has 4 rings (SSSR count). The van der Waals surface area contributed by atoms with Gasteiger partial charge in [0, 0.05) is 30.5 Å². The van der Waals surface area contributed by atoms with E-state index in [0.29, 0.717) is 12.1 Å². The summed E-state index contributed by atoms with van der Waals surface area (Å²) in [6, 6.07) is 9.63. The predicted octanol–water partition coefficient (Wildman–Crippen LogP) is 3.43. The van der Waals surface area contributed by atoms with Crippen LogP contribution in [-0.4, -0.2) is 42.4 Å². The fourth-order valence-corrected chi connectivity index (χ4v) is 7.06. The van der Waals surface area contributed by atoms with E-state index in [9.17, 15) is 13.2 Å². The van der Waals surface area contributed by atoms with Crippen LogP contribution >= 0.6 is 0 Å². The Balaban J connectivity index is 1.46. The van der Waals surface area contributed by atoms with E-state index in [-0.39, 0.29) is 21.8 Å². The molecule has 2 fully saturated rings. The molecule has 0 spiro atoms. The van der Waals surface area contributed by atoms with Crippen LogP contribution in [0.4, 0.5) is 0 Å². The first-order chi connectivity index (χ1) is 14.6. The molecule has 2 unspecified atom stereocenters. The van der Waals surface area contributed by atoms with E-state index in [0.717, 1.165) is 24.8 Å². The number of hydrazone groups is 1. The smallest absolute Gasteiger partial charge is 0.267 e. The van der Waals surface area contributed by atoms with Gasteiger partial charge in [0.2, 0.25) is 10.0 Å². The molecule has 1 amide bonds. The van der Waals surface area contributed by atoms with Gasteiger partial charge in [-0.15, -0.1) is 0 Å². The average Bonchev–Trinajstić information content (AvgIpc) is 2.98. The van der Waals surface area contributed by atoms with Gasteiger partial charge < -0.3 is 0 Å². The molecule has 164 valence electrons. The molecule has 1 saturated heterocycles. The number of hydrogen-bond acceptors (Lipinski definition) is 5. The molecule has 1 aliphatic carbocycles. The first-order valence-electron chi connectivity index (χ1n) is 10.4. The lowest BCUT2D eigenvalue weighted by Gasteiger charge is -2.39. The minimum atomic E-state index is -3.61. The van der Waals surface area contributed by atoms with Crippen LogP contribution in [0.3, 0.4) is 0 Å². The third-order valence-corrected chi connectivity index (χ3v) is 8.09. The second-order valence-electron chi connectivity index (χ2n) is 9.77. The van der Waals surface area contributed by atoms with Crippen molar-refractivity contribution in [2.45, 2.75) is 51.0 Å². The van der Waals surface area contributed by atoms with Crippen molar-refractivity contribution >= 4 is 22.1 Å². The first-order valence-corrected chi connectivity index (χ1v) is 11.9. The van der Waals surface area contributed by atoms with E-state index in [4.69, 9.17) is 0 Å². The van der Waals surface area contributed by atoms with Crippen molar-refractivity contribution in [1.82, 2.24) is 14.7 Å². The summed E-state index contributed by atoms with van der Waals surface area (Å²) >= 11 is 0. The molecule has 2 heterocycles. The molecule has 2 aliphatic rings. The quantitative estimate of drug-likeness (QED) is 0.570. The number of pyridine rings is 1. The number of fused-ring (bicyclic) bond motifs is 2. The van der Waals surface area contributed by atoms with Crippen LogP contribution < -0.4 is 5.43 Å². The minimum absolute atomic E-state index is 0.0200. The second-order valence-corrected chi connectivity index (χ2v) is 11.7. The Morgan fingerprint density at radius 1 is 1.13 bits per heavy atom. The summed E-state index contributed by atoms with van der Waals surface area (Å²) in [4.78, 5) is 16.5. The van der Waals surface area contributed by atoms with E-state index in [1.807, 2.05) is 0 Å². The molecule has 1 saturated carbocycles. The highest BCUT2D eigenvalue weighted by atomic mass is 32.2. The van der Waals surface area contributed by atoms with E-state index in [1.165, 1.54) is 30.5 Å². The van der Waals surface area contributed by atoms with Crippen molar-refractivity contribution in [3.63, 3.8) is 0 Å². The van der Waals surface area contributed by atoms with Crippen molar-refractivity contribution in [1.29, 1.82) is 0 Å². The number of amides is 1. The van der Waals surface area contributed by atoms with Gasteiger partial charge in [0.05, 0.1) is 11.1 Å². The van der Waals surface area contributed by atoms with Gasteiger partial charge >= 0.3 is 0 Å². The molecule has 0 radical (unpaired) electrons. The lowest BCUT2D eigenvalue weighted by molar-refractivity contribution is 0.0955. The maximum absolute atomic E-state index is 13.3. The molecule has 1 aromatic carbocycles. The molecule has 1 aliphatic heterocycles. The van der Waals surface area contributed by atoms with Gasteiger partial charge in [0.15, 0.2) is 0 Å². The largest absolute Gasteiger partial charge is 0.271 e. The lowest BCUT2D eigenvalue weighted by Crippen LogP contribution is -2.37. The zero-order valence-electron chi connectivity index (χ0n) is 18.1. The van der Waals surface area contributed by atoms with Crippen LogP contribution in [0.1, 0.15) is 56.0 Å². The zero-order valence-corrected chi connectivity index (χ0v) is 18.9. The molecule has 1 aromatic heterocycles. The Morgan fingerprint density at radius 3 is 2.48 bits per heavy atom. The Bertz CT molecular complexity index is 1100. The number of nitrogens with zero attached hydrogens (tertiary/aromatic N) is 3. The van der Waals surface area contributed by atoms with Crippen molar-refractivity contribution < 1.29 is 13.2 Å². The molecule has 2 bridgehead atoms. The monoisotopic (exact) mass is 440 g/mol. The van der Waals surface area contributed by atoms with Gasteiger partial charge in [-0.05, 0) is 72.1 Å². The summed E-state index contributed by atoms with van der Waals surface area (Å²) in [5.74, 6) is -0.402. The third kappa shape index (κ3) is 4.55. The molecular weight excluding hydrogens is 412 g/mol. The number of carbonyl (C=O) groups is 1. The molecule has 31 heavy (non-hydrogen) atoms. The van der Waals surface area contributed by atoms with Crippen molar-refractivity contribution in [3.8, 4) is 0 Å². The summed E-state index contributed by atoms with van der Waals surface area (Å²) in [6.07, 6.45) is 7.60. The number of sulfonamides is 1. The highest BCUT2D eigenvalue weighted by molar-refractivity contribution is 7.89. The van der Waals surface area contributed by atoms with Crippen LogP contribution in [0, 0.1) is 10.8 Å². The number of aromatic nitrogens is 1. The summed E-state index contributed by atoms with van der Waals surface area (Å²) < 4.78 is 28.4. The van der Waals surface area contributed by atoms with E-state index in [2.05, 4.69) is 36.3 Å². The van der Waals surface area contributed by atoms with Gasteiger partial charge in [-0.2, -0.15) is 9.41 Å². The highest BCUT2D eigenvalue weighted by Crippen LogP contribution is 2.53. The Hall–Kier alpha value is -2.58. The maximum Gasteiger partial charge on any atom is 0.271 e. The Kier molecular flexibility index (Phi) is 5.47. The number of rotatable bonds is 5. The lowest BCUT2D eigenvalue weighted by atomic mass is 9.65. The van der Waals surface area contributed by atoms with Gasteiger partial charge in [-0.25, -0.2) is 13.8 Å². The van der Waals surface area contributed by atoms with Crippen molar-refractivity contribution in [2.75, 3.05) is 6.54 Å². The van der Waals surface area contributed by atoms with Crippen LogP contribution in [0.15, 0.2) is 58.8 Å². The number of hydrogen-bond donors (Lipinski definition) is 1. The van der Waals surface area contributed by atoms with Gasteiger partial charge in [-0.1, -0.05) is 20.8 Å². The Labute approximate surface area is 183 Å². The fourth-order valence-electron chi connectivity index (χ4n) is 5.28. The predicted molar refractivity (Wildman–Crippen MR) is 119 cm³/mol. The van der Waals surface area contributed by atoms with Crippen molar-refractivity contribution in [2.24, 2.45) is 15.9 Å². The molecule has 7 nitrogen and oxygen atoms in total. The number of carbonyl (C=O) groups excluding carboxylic acids is 1. The third-order valence-electron chi connectivity index (χ3n) is 6.18. The van der Waals surface area contributed by atoms with E-state index >= 15 is 0 Å². The standard InChI is InChI=1S/C23H28N4O3S/c1-22(2)12-19-13-23(3,15-22)16-27(19)31(29,30)20-6-4-18(5-7-20)21(28)26-25-14-17-8-10-24-11-9-17/h4-11,14,19H,12-13,15-16H2,1-3H3,(H,26,28). The molecule has 8 heteroatoms. The van der Waals surface area contributed by atoms with Gasteiger partial charge in [0.25, 0.3) is 5.91 Å².